The number of benzene rings is 3. The first-order chi connectivity index (χ1) is 16.1. The van der Waals surface area contributed by atoms with Gasteiger partial charge in [0.25, 0.3) is 0 Å². The molecular formula is C28H42O4Si2. The molecule has 0 aromatic heterocycles. The van der Waals surface area contributed by atoms with Crippen LogP contribution in [0.3, 0.4) is 0 Å². The number of unbranched alkanes of at least 4 members (excludes halogenated alkanes) is 2. The molecule has 0 spiro atoms. The van der Waals surface area contributed by atoms with E-state index in [4.69, 9.17) is 18.3 Å². The van der Waals surface area contributed by atoms with Gasteiger partial charge in [-0.1, -0.05) is 51.0 Å². The van der Waals surface area contributed by atoms with Crippen LogP contribution in [0.1, 0.15) is 39.5 Å². The van der Waals surface area contributed by atoms with E-state index in [1.807, 2.05) is 0 Å². The van der Waals surface area contributed by atoms with Gasteiger partial charge in [0.2, 0.25) is 16.6 Å². The summed E-state index contributed by atoms with van der Waals surface area (Å²) in [6, 6.07) is 12.5. The fourth-order valence-electron chi connectivity index (χ4n) is 3.95. The van der Waals surface area contributed by atoms with Gasteiger partial charge in [0.1, 0.15) is 23.0 Å². The molecule has 0 fully saturated rings. The van der Waals surface area contributed by atoms with Gasteiger partial charge in [0.15, 0.2) is 0 Å². The third kappa shape index (κ3) is 6.48. The first-order valence-corrected chi connectivity index (χ1v) is 19.5. The summed E-state index contributed by atoms with van der Waals surface area (Å²) in [7, 11) is -3.70. The van der Waals surface area contributed by atoms with Crippen LogP contribution in [-0.2, 0) is 0 Å². The van der Waals surface area contributed by atoms with Crippen LogP contribution in [-0.4, -0.2) is 29.8 Å². The second-order valence-corrected chi connectivity index (χ2v) is 19.7. The zero-order valence-electron chi connectivity index (χ0n) is 22.3. The highest BCUT2D eigenvalue weighted by Gasteiger charge is 2.26. The standard InChI is InChI=1S/C28H42O4Si2/c1-9-11-19-29-27-21-15-13-18-24(32-34(6,7)8)26(21)28(30-20-12-10-2)22-16-14-17-23(25(22)27)31-33(3,4)5/h13-18H,9-12,19-20H2,1-8H3. The number of ether oxygens (including phenoxy) is 2. The van der Waals surface area contributed by atoms with E-state index >= 15 is 0 Å². The third-order valence-electron chi connectivity index (χ3n) is 5.32. The molecule has 186 valence electrons. The summed E-state index contributed by atoms with van der Waals surface area (Å²) in [6.07, 6.45) is 4.16. The Morgan fingerprint density at radius 3 is 1.29 bits per heavy atom. The first-order valence-electron chi connectivity index (χ1n) is 12.7. The summed E-state index contributed by atoms with van der Waals surface area (Å²) in [5.74, 6) is 3.50. The van der Waals surface area contributed by atoms with Crippen molar-refractivity contribution in [1.29, 1.82) is 0 Å². The zero-order valence-corrected chi connectivity index (χ0v) is 24.3. The van der Waals surface area contributed by atoms with Gasteiger partial charge < -0.3 is 18.3 Å². The predicted octanol–water partition coefficient (Wildman–Crippen LogP) is 8.78. The minimum atomic E-state index is -1.85. The average molecular weight is 499 g/mol. The second-order valence-electron chi connectivity index (χ2n) is 10.8. The summed E-state index contributed by atoms with van der Waals surface area (Å²) in [5, 5.41) is 4.06. The molecule has 34 heavy (non-hydrogen) atoms. The third-order valence-corrected chi connectivity index (χ3v) is 6.98. The lowest BCUT2D eigenvalue weighted by atomic mass is 9.99. The molecule has 0 saturated carbocycles. The summed E-state index contributed by atoms with van der Waals surface area (Å²) >= 11 is 0. The molecule has 4 nitrogen and oxygen atoms in total. The van der Waals surface area contributed by atoms with E-state index in [1.54, 1.807) is 0 Å². The molecule has 0 aliphatic heterocycles. The smallest absolute Gasteiger partial charge is 0.242 e. The van der Waals surface area contributed by atoms with Crippen LogP contribution in [0.5, 0.6) is 23.0 Å². The Bertz CT molecular complexity index is 1020. The van der Waals surface area contributed by atoms with Crippen molar-refractivity contribution in [3.05, 3.63) is 36.4 Å². The molecule has 3 aromatic rings. The number of hydrogen-bond donors (Lipinski definition) is 0. The molecule has 0 unspecified atom stereocenters. The highest BCUT2D eigenvalue weighted by molar-refractivity contribution is 6.71. The molecule has 0 heterocycles. The van der Waals surface area contributed by atoms with Crippen LogP contribution in [0.15, 0.2) is 36.4 Å². The maximum absolute atomic E-state index is 6.58. The fraction of sp³-hybridized carbons (Fsp3) is 0.500. The van der Waals surface area contributed by atoms with E-state index in [2.05, 4.69) is 89.5 Å². The molecule has 3 rings (SSSR count). The SMILES string of the molecule is CCCCOc1c2cccc(O[Si](C)(C)C)c2c(OCCCC)c2cccc(O[Si](C)(C)C)c12. The van der Waals surface area contributed by atoms with Gasteiger partial charge >= 0.3 is 0 Å². The van der Waals surface area contributed by atoms with Gasteiger partial charge in [-0.3, -0.25) is 0 Å². The quantitative estimate of drug-likeness (QED) is 0.142. The topological polar surface area (TPSA) is 36.9 Å². The fourth-order valence-corrected chi connectivity index (χ4v) is 5.60. The molecule has 0 aliphatic rings. The van der Waals surface area contributed by atoms with Crippen LogP contribution >= 0.6 is 0 Å². The van der Waals surface area contributed by atoms with E-state index in [-0.39, 0.29) is 0 Å². The van der Waals surface area contributed by atoms with Gasteiger partial charge in [0, 0.05) is 10.8 Å². The molecule has 0 aliphatic carbocycles. The molecule has 0 amide bonds. The number of rotatable bonds is 12. The van der Waals surface area contributed by atoms with Gasteiger partial charge in [-0.15, -0.1) is 0 Å². The number of hydrogen-bond acceptors (Lipinski definition) is 4. The van der Waals surface area contributed by atoms with E-state index in [1.165, 1.54) is 0 Å². The Morgan fingerprint density at radius 2 is 0.971 bits per heavy atom. The van der Waals surface area contributed by atoms with Crippen molar-refractivity contribution in [2.75, 3.05) is 13.2 Å². The van der Waals surface area contributed by atoms with E-state index in [0.717, 1.165) is 70.2 Å². The van der Waals surface area contributed by atoms with Crippen molar-refractivity contribution in [3.63, 3.8) is 0 Å². The van der Waals surface area contributed by atoms with Crippen molar-refractivity contribution in [3.8, 4) is 23.0 Å². The molecule has 6 heteroatoms. The Morgan fingerprint density at radius 1 is 0.588 bits per heavy atom. The van der Waals surface area contributed by atoms with Crippen LogP contribution in [0, 0.1) is 0 Å². The van der Waals surface area contributed by atoms with Gasteiger partial charge in [-0.2, -0.15) is 0 Å². The molecule has 0 N–H and O–H groups in total. The van der Waals surface area contributed by atoms with Crippen LogP contribution in [0.2, 0.25) is 39.3 Å². The first kappa shape index (κ1) is 26.4. The van der Waals surface area contributed by atoms with Crippen molar-refractivity contribution in [2.24, 2.45) is 0 Å². The summed E-state index contributed by atoms with van der Waals surface area (Å²) in [6.45, 7) is 19.0. The van der Waals surface area contributed by atoms with Crippen molar-refractivity contribution in [2.45, 2.75) is 78.8 Å². The van der Waals surface area contributed by atoms with Crippen molar-refractivity contribution < 1.29 is 18.3 Å². The van der Waals surface area contributed by atoms with Crippen LogP contribution < -0.4 is 18.3 Å². The summed E-state index contributed by atoms with van der Waals surface area (Å²) in [5.41, 5.74) is 0. The maximum atomic E-state index is 6.58. The maximum Gasteiger partial charge on any atom is 0.242 e. The van der Waals surface area contributed by atoms with Gasteiger partial charge in [-0.05, 0) is 64.3 Å². The lowest BCUT2D eigenvalue weighted by Gasteiger charge is -2.26. The Hall–Kier alpha value is -2.19. The average Bonchev–Trinajstić information content (AvgIpc) is 2.73. The predicted molar refractivity (Wildman–Crippen MR) is 150 cm³/mol. The van der Waals surface area contributed by atoms with E-state index < -0.39 is 16.6 Å². The summed E-state index contributed by atoms with van der Waals surface area (Å²) in [4.78, 5) is 0. The Kier molecular flexibility index (Phi) is 8.58. The zero-order chi connectivity index (χ0) is 24.9. The second kappa shape index (κ2) is 11.0. The van der Waals surface area contributed by atoms with Crippen molar-refractivity contribution in [1.82, 2.24) is 0 Å². The molecule has 0 atom stereocenters. The Balaban J connectivity index is 2.40. The molecular weight excluding hydrogens is 456 g/mol. The normalized spacial score (nSPS) is 12.2. The lowest BCUT2D eigenvalue weighted by molar-refractivity contribution is 0.310. The largest absolute Gasteiger partial charge is 0.544 e. The molecule has 3 aromatic carbocycles. The number of fused-ring (bicyclic) bond motifs is 2. The monoisotopic (exact) mass is 498 g/mol. The van der Waals surface area contributed by atoms with Crippen LogP contribution in [0.25, 0.3) is 21.5 Å². The van der Waals surface area contributed by atoms with E-state index in [0.29, 0.717) is 13.2 Å². The lowest BCUT2D eigenvalue weighted by Crippen LogP contribution is -2.29. The molecule has 0 saturated heterocycles. The summed E-state index contributed by atoms with van der Waals surface area (Å²) < 4.78 is 26.2. The van der Waals surface area contributed by atoms with E-state index in [9.17, 15) is 0 Å². The van der Waals surface area contributed by atoms with Crippen molar-refractivity contribution >= 4 is 38.2 Å². The minimum Gasteiger partial charge on any atom is -0.544 e. The van der Waals surface area contributed by atoms with Gasteiger partial charge in [0.05, 0.1) is 24.0 Å². The molecule has 0 radical (unpaired) electrons. The highest BCUT2D eigenvalue weighted by Crippen LogP contribution is 2.50. The Labute approximate surface area is 207 Å². The highest BCUT2D eigenvalue weighted by atomic mass is 28.4. The minimum absolute atomic E-state index is 0.664. The van der Waals surface area contributed by atoms with Crippen LogP contribution in [0.4, 0.5) is 0 Å². The van der Waals surface area contributed by atoms with Gasteiger partial charge in [-0.25, -0.2) is 0 Å². The molecule has 0 bridgehead atoms.